The normalized spacial score (nSPS) is 11.1. The molecule has 0 spiro atoms. The van der Waals surface area contributed by atoms with E-state index in [1.165, 1.54) is 16.4 Å². The number of para-hydroxylation sites is 1. The lowest BCUT2D eigenvalue weighted by Gasteiger charge is -2.25. The SMILES string of the molecule is Cc1ccc(N(CC(=O)NCCN(C)c2ccccc2)S(=O)(=O)c2ccccc2)cc1C. The number of hydrogen-bond acceptors (Lipinski definition) is 4. The van der Waals surface area contributed by atoms with Crippen LogP contribution < -0.4 is 14.5 Å². The number of carbonyl (C=O) groups is 1. The lowest BCUT2D eigenvalue weighted by molar-refractivity contribution is -0.119. The van der Waals surface area contributed by atoms with Crippen LogP contribution >= 0.6 is 0 Å². The number of aryl methyl sites for hydroxylation is 2. The molecular formula is C25H29N3O3S. The third-order valence-electron chi connectivity index (χ3n) is 5.36. The Morgan fingerprint density at radius 2 is 1.47 bits per heavy atom. The molecule has 3 aromatic carbocycles. The lowest BCUT2D eigenvalue weighted by Crippen LogP contribution is -2.42. The van der Waals surface area contributed by atoms with Crippen LogP contribution in [0.2, 0.25) is 0 Å². The van der Waals surface area contributed by atoms with Crippen LogP contribution in [0.1, 0.15) is 11.1 Å². The van der Waals surface area contributed by atoms with Crippen molar-refractivity contribution in [3.8, 4) is 0 Å². The molecule has 0 radical (unpaired) electrons. The fraction of sp³-hybridized carbons (Fsp3) is 0.240. The Bertz CT molecular complexity index is 1150. The largest absolute Gasteiger partial charge is 0.373 e. The van der Waals surface area contributed by atoms with Gasteiger partial charge in [0.25, 0.3) is 10.0 Å². The maximum absolute atomic E-state index is 13.4. The van der Waals surface area contributed by atoms with Gasteiger partial charge in [0.2, 0.25) is 5.91 Å². The fourth-order valence-electron chi connectivity index (χ4n) is 3.28. The van der Waals surface area contributed by atoms with E-state index in [-0.39, 0.29) is 17.3 Å². The number of anilines is 2. The molecule has 7 heteroatoms. The molecule has 0 aromatic heterocycles. The van der Waals surface area contributed by atoms with Crippen molar-refractivity contribution in [2.45, 2.75) is 18.7 Å². The summed E-state index contributed by atoms with van der Waals surface area (Å²) in [5.41, 5.74) is 3.53. The van der Waals surface area contributed by atoms with Gasteiger partial charge in [-0.05, 0) is 61.4 Å². The second kappa shape index (κ2) is 10.3. The number of nitrogens with one attached hydrogen (secondary N) is 1. The van der Waals surface area contributed by atoms with Crippen LogP contribution in [-0.2, 0) is 14.8 Å². The Morgan fingerprint density at radius 3 is 2.09 bits per heavy atom. The van der Waals surface area contributed by atoms with E-state index >= 15 is 0 Å². The van der Waals surface area contributed by atoms with E-state index in [0.29, 0.717) is 18.8 Å². The highest BCUT2D eigenvalue weighted by molar-refractivity contribution is 7.92. The van der Waals surface area contributed by atoms with Crippen molar-refractivity contribution in [2.75, 3.05) is 35.9 Å². The molecule has 0 fully saturated rings. The number of hydrogen-bond donors (Lipinski definition) is 1. The minimum Gasteiger partial charge on any atom is -0.373 e. The molecule has 0 unspecified atom stereocenters. The highest BCUT2D eigenvalue weighted by atomic mass is 32.2. The van der Waals surface area contributed by atoms with Gasteiger partial charge in [0.1, 0.15) is 6.54 Å². The number of likely N-dealkylation sites (N-methyl/N-ethyl adjacent to an activating group) is 1. The quantitative estimate of drug-likeness (QED) is 0.538. The van der Waals surface area contributed by atoms with Gasteiger partial charge in [-0.1, -0.05) is 42.5 Å². The van der Waals surface area contributed by atoms with Crippen molar-refractivity contribution in [3.63, 3.8) is 0 Å². The van der Waals surface area contributed by atoms with Crippen LogP contribution in [0, 0.1) is 13.8 Å². The van der Waals surface area contributed by atoms with Crippen molar-refractivity contribution < 1.29 is 13.2 Å². The van der Waals surface area contributed by atoms with Crippen LogP contribution in [-0.4, -0.2) is 41.0 Å². The van der Waals surface area contributed by atoms with E-state index in [1.54, 1.807) is 30.3 Å². The van der Waals surface area contributed by atoms with Gasteiger partial charge in [-0.3, -0.25) is 9.10 Å². The van der Waals surface area contributed by atoms with Crippen LogP contribution in [0.15, 0.2) is 83.8 Å². The molecule has 0 heterocycles. The molecule has 0 saturated heterocycles. The molecule has 0 atom stereocenters. The molecule has 0 saturated carbocycles. The van der Waals surface area contributed by atoms with Gasteiger partial charge in [0, 0.05) is 25.8 Å². The Labute approximate surface area is 190 Å². The van der Waals surface area contributed by atoms with Crippen LogP contribution in [0.25, 0.3) is 0 Å². The van der Waals surface area contributed by atoms with E-state index in [2.05, 4.69) is 5.32 Å². The van der Waals surface area contributed by atoms with E-state index in [0.717, 1.165) is 16.8 Å². The van der Waals surface area contributed by atoms with Crippen LogP contribution in [0.3, 0.4) is 0 Å². The molecular weight excluding hydrogens is 422 g/mol. The summed E-state index contributed by atoms with van der Waals surface area (Å²) in [6.45, 7) is 4.59. The zero-order valence-electron chi connectivity index (χ0n) is 18.7. The van der Waals surface area contributed by atoms with E-state index in [1.807, 2.05) is 62.2 Å². The fourth-order valence-corrected chi connectivity index (χ4v) is 4.71. The molecule has 1 N–H and O–H groups in total. The zero-order chi connectivity index (χ0) is 23.1. The summed E-state index contributed by atoms with van der Waals surface area (Å²) in [6, 6.07) is 23.4. The Balaban J connectivity index is 1.75. The maximum Gasteiger partial charge on any atom is 0.264 e. The molecule has 0 aliphatic heterocycles. The second-order valence-electron chi connectivity index (χ2n) is 7.70. The van der Waals surface area contributed by atoms with Gasteiger partial charge in [0.05, 0.1) is 10.6 Å². The first-order valence-electron chi connectivity index (χ1n) is 10.5. The maximum atomic E-state index is 13.4. The van der Waals surface area contributed by atoms with Gasteiger partial charge >= 0.3 is 0 Å². The first-order valence-corrected chi connectivity index (χ1v) is 11.9. The summed E-state index contributed by atoms with van der Waals surface area (Å²) in [5, 5.41) is 2.85. The first-order chi connectivity index (χ1) is 15.3. The predicted octanol–water partition coefficient (Wildman–Crippen LogP) is 3.75. The lowest BCUT2D eigenvalue weighted by atomic mass is 10.1. The third kappa shape index (κ3) is 5.68. The van der Waals surface area contributed by atoms with Crippen molar-refractivity contribution in [1.29, 1.82) is 0 Å². The molecule has 0 aliphatic carbocycles. The smallest absolute Gasteiger partial charge is 0.264 e. The average Bonchev–Trinajstić information content (AvgIpc) is 2.80. The first kappa shape index (κ1) is 23.3. The van der Waals surface area contributed by atoms with Gasteiger partial charge in [-0.2, -0.15) is 0 Å². The Kier molecular flexibility index (Phi) is 7.53. The average molecular weight is 452 g/mol. The van der Waals surface area contributed by atoms with Crippen molar-refractivity contribution in [1.82, 2.24) is 5.32 Å². The highest BCUT2D eigenvalue weighted by Gasteiger charge is 2.27. The van der Waals surface area contributed by atoms with Crippen LogP contribution in [0.4, 0.5) is 11.4 Å². The molecule has 3 aromatic rings. The molecule has 0 aliphatic rings. The molecule has 0 bridgehead atoms. The zero-order valence-corrected chi connectivity index (χ0v) is 19.5. The van der Waals surface area contributed by atoms with Crippen molar-refractivity contribution in [2.24, 2.45) is 0 Å². The molecule has 32 heavy (non-hydrogen) atoms. The minimum absolute atomic E-state index is 0.148. The van der Waals surface area contributed by atoms with Gasteiger partial charge in [-0.25, -0.2) is 8.42 Å². The predicted molar refractivity (Wildman–Crippen MR) is 130 cm³/mol. The monoisotopic (exact) mass is 451 g/mol. The number of rotatable bonds is 9. The number of nitrogens with zero attached hydrogens (tertiary/aromatic N) is 2. The van der Waals surface area contributed by atoms with E-state index in [4.69, 9.17) is 0 Å². The summed E-state index contributed by atoms with van der Waals surface area (Å²) in [4.78, 5) is 14.9. The van der Waals surface area contributed by atoms with Gasteiger partial charge in [-0.15, -0.1) is 0 Å². The van der Waals surface area contributed by atoms with Crippen molar-refractivity contribution >= 4 is 27.3 Å². The molecule has 3 rings (SSSR count). The topological polar surface area (TPSA) is 69.7 Å². The Hall–Kier alpha value is -3.32. The number of sulfonamides is 1. The van der Waals surface area contributed by atoms with Gasteiger partial charge in [0.15, 0.2) is 0 Å². The van der Waals surface area contributed by atoms with E-state index < -0.39 is 10.0 Å². The molecule has 168 valence electrons. The highest BCUT2D eigenvalue weighted by Crippen LogP contribution is 2.25. The molecule has 6 nitrogen and oxygen atoms in total. The summed E-state index contributed by atoms with van der Waals surface area (Å²) in [5.74, 6) is -0.357. The summed E-state index contributed by atoms with van der Waals surface area (Å²) < 4.78 is 27.9. The second-order valence-corrected chi connectivity index (χ2v) is 9.56. The number of benzene rings is 3. The van der Waals surface area contributed by atoms with E-state index in [9.17, 15) is 13.2 Å². The molecule has 1 amide bonds. The Morgan fingerprint density at radius 1 is 0.844 bits per heavy atom. The standard InChI is InChI=1S/C25H29N3O3S/c1-20-14-15-23(18-21(20)2)28(32(30,31)24-12-8-5-9-13-24)19-25(29)26-16-17-27(3)22-10-6-4-7-11-22/h4-15,18H,16-17,19H2,1-3H3,(H,26,29). The van der Waals surface area contributed by atoms with Gasteiger partial charge < -0.3 is 10.2 Å². The summed E-state index contributed by atoms with van der Waals surface area (Å²) >= 11 is 0. The minimum atomic E-state index is -3.90. The number of amides is 1. The van der Waals surface area contributed by atoms with Crippen molar-refractivity contribution in [3.05, 3.63) is 90.0 Å². The summed E-state index contributed by atoms with van der Waals surface area (Å²) in [7, 11) is -1.95. The van der Waals surface area contributed by atoms with Crippen LogP contribution in [0.5, 0.6) is 0 Å². The summed E-state index contributed by atoms with van der Waals surface area (Å²) in [6.07, 6.45) is 0. The number of carbonyl (C=O) groups excluding carboxylic acids is 1. The third-order valence-corrected chi connectivity index (χ3v) is 7.15.